The molecular formula is C57H60F3N3. The molecule has 2 aliphatic rings. The Bertz CT molecular complexity index is 2940. The largest absolute Gasteiger partial charge is 0.415 e. The van der Waals surface area contributed by atoms with Gasteiger partial charge in [-0.3, -0.25) is 0 Å². The fraction of sp³-hybridized carbons (Fsp3) is 0.351. The van der Waals surface area contributed by atoms with E-state index in [1.165, 1.54) is 101 Å². The lowest BCUT2D eigenvalue weighted by molar-refractivity contribution is -0.137. The molecule has 0 spiro atoms. The molecule has 0 aliphatic carbocycles. The molecule has 0 saturated heterocycles. The topological polar surface area (TPSA) is 10.8 Å². The van der Waals surface area contributed by atoms with Crippen molar-refractivity contribution in [2.24, 2.45) is 0 Å². The molecule has 0 atom stereocenters. The lowest BCUT2D eigenvalue weighted by Gasteiger charge is -2.42. The van der Waals surface area contributed by atoms with Gasteiger partial charge >= 0.3 is 6.18 Å². The van der Waals surface area contributed by atoms with Crippen LogP contribution in [0, 0.1) is 124 Å². The van der Waals surface area contributed by atoms with Gasteiger partial charge in [0.2, 0.25) is 0 Å². The molecule has 0 radical (unpaired) electrons. The van der Waals surface area contributed by atoms with E-state index in [9.17, 15) is 0 Å². The van der Waals surface area contributed by atoms with Crippen molar-refractivity contribution in [2.45, 2.75) is 137 Å². The van der Waals surface area contributed by atoms with Crippen molar-refractivity contribution in [3.8, 4) is 11.1 Å². The lowest BCUT2D eigenvalue weighted by Crippen LogP contribution is -2.27. The smallest absolute Gasteiger partial charge is 0.309 e. The van der Waals surface area contributed by atoms with E-state index in [0.29, 0.717) is 11.3 Å². The average molecular weight is 844 g/mol. The summed E-state index contributed by atoms with van der Waals surface area (Å²) in [5.41, 5.74) is 30.0. The summed E-state index contributed by atoms with van der Waals surface area (Å²) in [6.07, 6.45) is -3.25. The minimum Gasteiger partial charge on any atom is -0.309 e. The Hall–Kier alpha value is -5.80. The van der Waals surface area contributed by atoms with Gasteiger partial charge < -0.3 is 9.80 Å². The number of alkyl halides is 3. The first-order valence-corrected chi connectivity index (χ1v) is 22.2. The molecule has 0 aromatic heterocycles. The van der Waals surface area contributed by atoms with Crippen molar-refractivity contribution in [3.05, 3.63) is 164 Å². The van der Waals surface area contributed by atoms with E-state index in [1.807, 2.05) is 6.07 Å². The number of aryl methyl sites for hydroxylation is 1. The van der Waals surface area contributed by atoms with Crippen LogP contribution in [0.4, 0.5) is 53.0 Å². The number of halogens is 3. The highest BCUT2D eigenvalue weighted by molar-refractivity contribution is 6.02. The lowest BCUT2D eigenvalue weighted by atomic mass is 9.79. The van der Waals surface area contributed by atoms with E-state index in [1.54, 1.807) is 0 Å². The molecule has 3 nitrogen and oxygen atoms in total. The fourth-order valence-corrected chi connectivity index (χ4v) is 11.1. The van der Waals surface area contributed by atoms with Gasteiger partial charge in [0.1, 0.15) is 0 Å². The Balaban J connectivity index is 1.62. The van der Waals surface area contributed by atoms with Crippen LogP contribution in [0.15, 0.2) is 30.3 Å². The molecule has 6 heteroatoms. The summed E-state index contributed by atoms with van der Waals surface area (Å²) in [6, 6.07) is 8.17. The zero-order chi connectivity index (χ0) is 46.2. The van der Waals surface area contributed by atoms with E-state index in [2.05, 4.69) is 138 Å². The third-order valence-electron chi connectivity index (χ3n) is 16.3. The van der Waals surface area contributed by atoms with Crippen LogP contribution < -0.4 is 9.80 Å². The maximum Gasteiger partial charge on any atom is 0.415 e. The summed E-state index contributed by atoms with van der Waals surface area (Å²) in [5, 5.41) is 0. The van der Waals surface area contributed by atoms with Crippen LogP contribution in [0.25, 0.3) is 16.0 Å². The van der Waals surface area contributed by atoms with Gasteiger partial charge in [-0.1, -0.05) is 18.2 Å². The standard InChI is InChI=1S/C57H60F3N3/c1-26-22-51(63-55-41(16)33(8)29(4)37(12)45(55)24-46-38(13)30(5)34(9)42(17)56(46)63)47(52-48(57(58,59)60)20-19-21-49(52)61-18)25-50(26)62-53-39(14)31(6)27(2)35(10)43(53)23-44-36(11)28(3)32(7)40(15)54(44)62/h19-22,25H,23-24H2,1-17H3. The summed E-state index contributed by atoms with van der Waals surface area (Å²) >= 11 is 0. The number of anilines is 6. The predicted octanol–water partition coefficient (Wildman–Crippen LogP) is 16.9. The first kappa shape index (κ1) is 43.8. The van der Waals surface area contributed by atoms with Crippen molar-refractivity contribution >= 4 is 39.8 Å². The summed E-state index contributed by atoms with van der Waals surface area (Å²) < 4.78 is 47.1. The van der Waals surface area contributed by atoms with Crippen LogP contribution in [0.2, 0.25) is 0 Å². The first-order valence-electron chi connectivity index (χ1n) is 22.2. The third kappa shape index (κ3) is 6.12. The fourth-order valence-electron chi connectivity index (χ4n) is 11.1. The maximum absolute atomic E-state index is 15.7. The Morgan fingerprint density at radius 2 is 0.778 bits per heavy atom. The number of benzene rings is 6. The third-order valence-corrected chi connectivity index (χ3v) is 16.3. The van der Waals surface area contributed by atoms with Crippen LogP contribution in [-0.4, -0.2) is 0 Å². The number of nitrogens with zero attached hydrogens (tertiary/aromatic N) is 3. The van der Waals surface area contributed by atoms with Crippen LogP contribution >= 0.6 is 0 Å². The normalized spacial score (nSPS) is 13.2. The Morgan fingerprint density at radius 1 is 0.444 bits per heavy atom. The van der Waals surface area contributed by atoms with Crippen LogP contribution in [0.1, 0.15) is 122 Å². The minimum absolute atomic E-state index is 0.0317. The highest BCUT2D eigenvalue weighted by Crippen LogP contribution is 2.58. The van der Waals surface area contributed by atoms with E-state index in [-0.39, 0.29) is 11.3 Å². The Labute approximate surface area is 373 Å². The average Bonchev–Trinajstić information content (AvgIpc) is 3.26. The van der Waals surface area contributed by atoms with Crippen molar-refractivity contribution in [1.29, 1.82) is 0 Å². The first-order chi connectivity index (χ1) is 29.5. The molecule has 2 aliphatic heterocycles. The van der Waals surface area contributed by atoms with Gasteiger partial charge in [0.15, 0.2) is 5.69 Å². The Kier molecular flexibility index (Phi) is 10.4. The summed E-state index contributed by atoms with van der Waals surface area (Å²) in [7, 11) is 0. The summed E-state index contributed by atoms with van der Waals surface area (Å²) in [4.78, 5) is 8.52. The van der Waals surface area contributed by atoms with E-state index >= 15 is 13.2 Å². The SMILES string of the molecule is [C-]#[N+]c1cccc(C(F)(F)F)c1-c1cc(N2c3c(C)c(C)c(C)c(C)c3Cc3c(C)c(C)c(C)c(C)c32)c(C)cc1N1c2c(C)c(C)c(C)c(C)c2Cc2c(C)c(C)c(C)c(C)c21. The number of fused-ring (bicyclic) bond motifs is 4. The second-order valence-corrected chi connectivity index (χ2v) is 18.8. The number of hydrogen-bond acceptors (Lipinski definition) is 2. The second kappa shape index (κ2) is 14.9. The Morgan fingerprint density at radius 3 is 1.11 bits per heavy atom. The summed E-state index contributed by atoms with van der Waals surface area (Å²) in [6.45, 7) is 45.4. The van der Waals surface area contributed by atoms with Crippen molar-refractivity contribution in [2.75, 3.05) is 9.80 Å². The van der Waals surface area contributed by atoms with Gasteiger partial charge in [-0.15, -0.1) is 0 Å². The molecule has 0 bridgehead atoms. The molecule has 324 valence electrons. The molecule has 6 aromatic carbocycles. The van der Waals surface area contributed by atoms with Gasteiger partial charge in [-0.25, -0.2) is 4.85 Å². The molecule has 0 saturated carbocycles. The van der Waals surface area contributed by atoms with E-state index in [4.69, 9.17) is 6.57 Å². The van der Waals surface area contributed by atoms with E-state index < -0.39 is 11.7 Å². The molecule has 0 amide bonds. The monoisotopic (exact) mass is 843 g/mol. The van der Waals surface area contributed by atoms with Crippen molar-refractivity contribution < 1.29 is 13.2 Å². The summed E-state index contributed by atoms with van der Waals surface area (Å²) in [5.74, 6) is 0. The van der Waals surface area contributed by atoms with Crippen molar-refractivity contribution in [1.82, 2.24) is 0 Å². The van der Waals surface area contributed by atoms with Gasteiger partial charge in [-0.2, -0.15) is 13.2 Å². The zero-order valence-electron chi connectivity index (χ0n) is 40.3. The number of hydrogen-bond donors (Lipinski definition) is 0. The molecule has 0 fully saturated rings. The molecule has 63 heavy (non-hydrogen) atoms. The van der Waals surface area contributed by atoms with E-state index in [0.717, 1.165) is 75.2 Å². The zero-order valence-corrected chi connectivity index (χ0v) is 40.3. The van der Waals surface area contributed by atoms with Gasteiger partial charge in [0.05, 0.1) is 40.6 Å². The van der Waals surface area contributed by atoms with Gasteiger partial charge in [-0.05, 0) is 252 Å². The predicted molar refractivity (Wildman–Crippen MR) is 259 cm³/mol. The van der Waals surface area contributed by atoms with Crippen LogP contribution in [0.3, 0.4) is 0 Å². The molecular weight excluding hydrogens is 784 g/mol. The van der Waals surface area contributed by atoms with Crippen molar-refractivity contribution in [3.63, 3.8) is 0 Å². The maximum atomic E-state index is 15.7. The highest BCUT2D eigenvalue weighted by Gasteiger charge is 2.40. The van der Waals surface area contributed by atoms with Crippen LogP contribution in [-0.2, 0) is 19.0 Å². The van der Waals surface area contributed by atoms with Gasteiger partial charge in [0.25, 0.3) is 0 Å². The molecule has 2 heterocycles. The minimum atomic E-state index is -4.73. The number of rotatable bonds is 3. The molecule has 0 unspecified atom stereocenters. The van der Waals surface area contributed by atoms with Gasteiger partial charge in [0, 0.05) is 24.1 Å². The molecule has 0 N–H and O–H groups in total. The highest BCUT2D eigenvalue weighted by atomic mass is 19.4. The molecule has 8 rings (SSSR count). The van der Waals surface area contributed by atoms with Crippen LogP contribution in [0.5, 0.6) is 0 Å². The molecule has 6 aromatic rings. The quantitative estimate of drug-likeness (QED) is 0.164. The second-order valence-electron chi connectivity index (χ2n) is 18.8.